The topological polar surface area (TPSA) is 81.4 Å². The van der Waals surface area contributed by atoms with Gasteiger partial charge in [0, 0.05) is 24.7 Å². The molecule has 1 amide bonds. The predicted molar refractivity (Wildman–Crippen MR) is 110 cm³/mol. The Morgan fingerprint density at radius 2 is 2.21 bits per heavy atom. The molecule has 0 aromatic carbocycles. The first-order chi connectivity index (χ1) is 14.0. The summed E-state index contributed by atoms with van der Waals surface area (Å²) >= 11 is 1.10. The molecule has 0 aliphatic carbocycles. The number of Topliss-reactive ketones (excluding diaryl/α,β-unsaturated/α-hetero) is 1. The zero-order valence-electron chi connectivity index (χ0n) is 16.2. The highest BCUT2D eigenvalue weighted by atomic mass is 32.1. The Balaban J connectivity index is 1.81. The largest absolute Gasteiger partial charge is 0.463 e. The zero-order chi connectivity index (χ0) is 20.8. The van der Waals surface area contributed by atoms with Crippen LogP contribution in [0.25, 0.3) is 11.5 Å². The van der Waals surface area contributed by atoms with Gasteiger partial charge < -0.3 is 9.15 Å². The van der Waals surface area contributed by atoms with Gasteiger partial charge >= 0.3 is 0 Å². The molecular formula is C21H23FN2O4S. The first kappa shape index (κ1) is 21.1. The van der Waals surface area contributed by atoms with Gasteiger partial charge in [-0.1, -0.05) is 30.9 Å². The predicted octanol–water partition coefficient (Wildman–Crippen LogP) is 4.81. The summed E-state index contributed by atoms with van der Waals surface area (Å²) in [5.74, 6) is -0.219. The van der Waals surface area contributed by atoms with E-state index in [1.165, 1.54) is 18.4 Å². The van der Waals surface area contributed by atoms with Gasteiger partial charge in [0.15, 0.2) is 16.7 Å². The number of alkyl halides is 1. The van der Waals surface area contributed by atoms with Crippen LogP contribution in [0.5, 0.6) is 0 Å². The lowest BCUT2D eigenvalue weighted by atomic mass is 9.94. The number of nitrogens with one attached hydrogen (secondary N) is 1. The lowest BCUT2D eigenvalue weighted by Crippen LogP contribution is -2.23. The van der Waals surface area contributed by atoms with Crippen molar-refractivity contribution < 1.29 is 23.1 Å². The lowest BCUT2D eigenvalue weighted by Gasteiger charge is -2.20. The van der Waals surface area contributed by atoms with Crippen molar-refractivity contribution in [1.29, 1.82) is 0 Å². The molecule has 1 aliphatic heterocycles. The average Bonchev–Trinajstić information content (AvgIpc) is 3.41. The minimum absolute atomic E-state index is 0.0281. The fourth-order valence-electron chi connectivity index (χ4n) is 2.88. The second-order valence-electron chi connectivity index (χ2n) is 6.69. The Morgan fingerprint density at radius 3 is 2.86 bits per heavy atom. The highest BCUT2D eigenvalue weighted by Crippen LogP contribution is 2.35. The monoisotopic (exact) mass is 418 g/mol. The molecule has 1 atom stereocenters. The van der Waals surface area contributed by atoms with E-state index in [4.69, 9.17) is 9.15 Å². The van der Waals surface area contributed by atoms with Crippen molar-refractivity contribution in [2.45, 2.75) is 32.4 Å². The molecule has 0 bridgehead atoms. The number of aromatic nitrogens is 1. The van der Waals surface area contributed by atoms with Gasteiger partial charge in [0.1, 0.15) is 16.7 Å². The number of furan rings is 1. The van der Waals surface area contributed by atoms with Crippen molar-refractivity contribution in [2.75, 3.05) is 18.5 Å². The van der Waals surface area contributed by atoms with Crippen LogP contribution in [0.3, 0.4) is 0 Å². The van der Waals surface area contributed by atoms with Crippen molar-refractivity contribution in [3.8, 4) is 11.5 Å². The van der Waals surface area contributed by atoms with Crippen molar-refractivity contribution in [3.63, 3.8) is 0 Å². The number of ether oxygens (including phenoxy) is 1. The fraction of sp³-hybridized carbons (Fsp3) is 0.381. The number of rotatable bonds is 8. The van der Waals surface area contributed by atoms with Crippen LogP contribution in [0.15, 0.2) is 47.1 Å². The Hall–Kier alpha value is -2.58. The normalized spacial score (nSPS) is 16.1. The number of halogens is 1. The number of allylic oxidation sites excluding steroid dienone is 1. The third-order valence-electron chi connectivity index (χ3n) is 4.61. The minimum Gasteiger partial charge on any atom is -0.463 e. The molecule has 154 valence electrons. The number of nitrogens with zero attached hydrogens (tertiary/aromatic N) is 1. The van der Waals surface area contributed by atoms with E-state index in [-0.39, 0.29) is 22.4 Å². The van der Waals surface area contributed by atoms with Crippen LogP contribution >= 0.6 is 11.3 Å². The highest BCUT2D eigenvalue weighted by molar-refractivity contribution is 7.18. The molecule has 6 nitrogen and oxygen atoms in total. The maximum Gasteiger partial charge on any atom is 0.256 e. The molecule has 8 heteroatoms. The number of ketones is 1. The maximum atomic E-state index is 13.3. The third-order valence-corrected chi connectivity index (χ3v) is 5.59. The number of hydrogen-bond acceptors (Lipinski definition) is 6. The van der Waals surface area contributed by atoms with Gasteiger partial charge in [0.2, 0.25) is 0 Å². The molecule has 2 aromatic rings. The van der Waals surface area contributed by atoms with E-state index in [0.29, 0.717) is 48.8 Å². The Morgan fingerprint density at radius 1 is 1.45 bits per heavy atom. The van der Waals surface area contributed by atoms with Gasteiger partial charge in [-0.2, -0.15) is 0 Å². The van der Waals surface area contributed by atoms with E-state index in [0.717, 1.165) is 11.3 Å². The molecular weight excluding hydrogens is 395 g/mol. The van der Waals surface area contributed by atoms with E-state index in [9.17, 15) is 14.0 Å². The molecule has 1 saturated heterocycles. The fourth-order valence-corrected chi connectivity index (χ4v) is 3.86. The molecule has 3 rings (SSSR count). The number of carbonyl (C=O) groups excluding carboxylic acids is 2. The summed E-state index contributed by atoms with van der Waals surface area (Å²) in [7, 11) is 0. The van der Waals surface area contributed by atoms with Crippen LogP contribution in [-0.4, -0.2) is 36.1 Å². The number of anilines is 1. The van der Waals surface area contributed by atoms with E-state index < -0.39 is 12.1 Å². The highest BCUT2D eigenvalue weighted by Gasteiger charge is 2.29. The van der Waals surface area contributed by atoms with E-state index in [1.807, 2.05) is 0 Å². The molecule has 0 spiro atoms. The van der Waals surface area contributed by atoms with Crippen LogP contribution in [-0.2, 0) is 9.53 Å². The molecule has 0 radical (unpaired) electrons. The molecule has 2 aromatic heterocycles. The molecule has 1 aliphatic rings. The summed E-state index contributed by atoms with van der Waals surface area (Å²) < 4.78 is 24.1. The quantitative estimate of drug-likeness (QED) is 0.378. The average molecular weight is 418 g/mol. The zero-order valence-corrected chi connectivity index (χ0v) is 17.0. The molecule has 29 heavy (non-hydrogen) atoms. The summed E-state index contributed by atoms with van der Waals surface area (Å²) in [6.45, 7) is 6.47. The van der Waals surface area contributed by atoms with Gasteiger partial charge in [-0.15, -0.1) is 0 Å². The summed E-state index contributed by atoms with van der Waals surface area (Å²) in [6.07, 6.45) is 4.63. The Bertz CT molecular complexity index is 898. The summed E-state index contributed by atoms with van der Waals surface area (Å²) in [4.78, 5) is 30.2. The van der Waals surface area contributed by atoms with Crippen LogP contribution in [0.4, 0.5) is 9.52 Å². The van der Waals surface area contributed by atoms with Gasteiger partial charge in [-0.05, 0) is 37.5 Å². The van der Waals surface area contributed by atoms with Crippen molar-refractivity contribution in [1.82, 2.24) is 4.98 Å². The SMILES string of the molecule is C=C(/C=C\C(F)CC)C(=O)Nc1nc(-c2ccco2)c(C(=O)C2CCOCC2)s1. The summed E-state index contributed by atoms with van der Waals surface area (Å²) in [5, 5.41) is 2.90. The minimum atomic E-state index is -1.13. The van der Waals surface area contributed by atoms with Crippen LogP contribution < -0.4 is 5.32 Å². The molecule has 1 fully saturated rings. The molecule has 1 unspecified atom stereocenters. The Labute approximate surface area is 172 Å². The van der Waals surface area contributed by atoms with Crippen LogP contribution in [0, 0.1) is 5.92 Å². The first-order valence-corrected chi connectivity index (χ1v) is 10.3. The first-order valence-electron chi connectivity index (χ1n) is 9.48. The van der Waals surface area contributed by atoms with Gasteiger partial charge in [-0.25, -0.2) is 9.37 Å². The van der Waals surface area contributed by atoms with Crippen molar-refractivity contribution >= 4 is 28.2 Å². The molecule has 3 heterocycles. The van der Waals surface area contributed by atoms with Crippen LogP contribution in [0.2, 0.25) is 0 Å². The van der Waals surface area contributed by atoms with E-state index in [1.54, 1.807) is 19.1 Å². The summed E-state index contributed by atoms with van der Waals surface area (Å²) in [5.41, 5.74) is 0.510. The van der Waals surface area contributed by atoms with Gasteiger partial charge in [0.25, 0.3) is 5.91 Å². The van der Waals surface area contributed by atoms with Gasteiger partial charge in [0.05, 0.1) is 6.26 Å². The van der Waals surface area contributed by atoms with Crippen molar-refractivity contribution in [3.05, 3.63) is 47.6 Å². The van der Waals surface area contributed by atoms with Gasteiger partial charge in [-0.3, -0.25) is 14.9 Å². The Kier molecular flexibility index (Phi) is 7.11. The smallest absolute Gasteiger partial charge is 0.256 e. The number of carbonyl (C=O) groups is 2. The number of hydrogen-bond donors (Lipinski definition) is 1. The summed E-state index contributed by atoms with van der Waals surface area (Å²) in [6, 6.07) is 3.43. The second-order valence-corrected chi connectivity index (χ2v) is 7.69. The maximum absolute atomic E-state index is 13.3. The lowest BCUT2D eigenvalue weighted by molar-refractivity contribution is -0.112. The van der Waals surface area contributed by atoms with E-state index in [2.05, 4.69) is 16.9 Å². The molecule has 1 N–H and O–H groups in total. The number of thiazole rings is 1. The standard InChI is InChI=1S/C21H23FN2O4S/c1-3-15(22)7-6-13(2)20(26)24-21-23-17(16-5-4-10-28-16)19(29-21)18(25)14-8-11-27-12-9-14/h4-7,10,14-15H,2-3,8-9,11-12H2,1H3,(H,23,24,26)/b7-6-. The van der Waals surface area contributed by atoms with Crippen LogP contribution in [0.1, 0.15) is 35.9 Å². The second kappa shape index (κ2) is 9.76. The third kappa shape index (κ3) is 5.27. The van der Waals surface area contributed by atoms with E-state index >= 15 is 0 Å². The molecule has 0 saturated carbocycles. The van der Waals surface area contributed by atoms with Crippen molar-refractivity contribution in [2.24, 2.45) is 5.92 Å². The number of amides is 1.